The first-order valence-electron chi connectivity index (χ1n) is 8.36. The Morgan fingerprint density at radius 2 is 1.79 bits per heavy atom. The molecule has 0 saturated heterocycles. The van der Waals surface area contributed by atoms with Crippen LogP contribution in [0, 0.1) is 23.2 Å². The molecule has 0 aromatic carbocycles. The largest absolute Gasteiger partial charge is 0.396 e. The minimum Gasteiger partial charge on any atom is -0.396 e. The van der Waals surface area contributed by atoms with Crippen molar-refractivity contribution >= 4 is 0 Å². The van der Waals surface area contributed by atoms with Crippen LogP contribution in [0.1, 0.15) is 65.7 Å². The van der Waals surface area contributed by atoms with E-state index in [2.05, 4.69) is 26.1 Å². The summed E-state index contributed by atoms with van der Waals surface area (Å²) in [6.07, 6.45) is 9.24. The van der Waals surface area contributed by atoms with E-state index < -0.39 is 0 Å². The average Bonchev–Trinajstić information content (AvgIpc) is 2.37. The Labute approximate surface area is 119 Å². The highest BCUT2D eigenvalue weighted by molar-refractivity contribution is 4.88. The SMILES string of the molecule is CC1CC(C)(C)CCC1NCC1CCCCC1CO. The van der Waals surface area contributed by atoms with Gasteiger partial charge in [0.25, 0.3) is 0 Å². The monoisotopic (exact) mass is 267 g/mol. The van der Waals surface area contributed by atoms with Gasteiger partial charge in [0.15, 0.2) is 0 Å². The van der Waals surface area contributed by atoms with Crippen LogP contribution in [0.5, 0.6) is 0 Å². The molecule has 0 spiro atoms. The van der Waals surface area contributed by atoms with Crippen molar-refractivity contribution < 1.29 is 5.11 Å². The molecule has 2 fully saturated rings. The molecule has 2 aliphatic carbocycles. The van der Waals surface area contributed by atoms with Crippen LogP contribution in [0.4, 0.5) is 0 Å². The molecule has 112 valence electrons. The molecule has 0 aromatic heterocycles. The Morgan fingerprint density at radius 1 is 1.11 bits per heavy atom. The molecule has 2 heteroatoms. The summed E-state index contributed by atoms with van der Waals surface area (Å²) in [5.74, 6) is 2.05. The van der Waals surface area contributed by atoms with Gasteiger partial charge in [-0.05, 0) is 61.8 Å². The fourth-order valence-electron chi connectivity index (χ4n) is 4.35. The molecule has 2 nitrogen and oxygen atoms in total. The predicted octanol–water partition coefficient (Wildman–Crippen LogP) is 3.59. The summed E-state index contributed by atoms with van der Waals surface area (Å²) in [6.45, 7) is 8.73. The summed E-state index contributed by atoms with van der Waals surface area (Å²) in [5, 5.41) is 13.3. The van der Waals surface area contributed by atoms with E-state index >= 15 is 0 Å². The standard InChI is InChI=1S/C17H33NO/c1-13-10-17(2,3)9-8-16(13)18-11-14-6-4-5-7-15(14)12-19/h13-16,18-19H,4-12H2,1-3H3. The smallest absolute Gasteiger partial charge is 0.0462 e. The van der Waals surface area contributed by atoms with E-state index in [0.29, 0.717) is 29.9 Å². The molecule has 0 heterocycles. The number of aliphatic hydroxyl groups is 1. The molecule has 0 bridgehead atoms. The predicted molar refractivity (Wildman–Crippen MR) is 81.1 cm³/mol. The fourth-order valence-corrected chi connectivity index (χ4v) is 4.35. The van der Waals surface area contributed by atoms with E-state index in [1.54, 1.807) is 0 Å². The van der Waals surface area contributed by atoms with Gasteiger partial charge in [-0.25, -0.2) is 0 Å². The van der Waals surface area contributed by atoms with Crippen LogP contribution < -0.4 is 5.32 Å². The van der Waals surface area contributed by atoms with Gasteiger partial charge in [0, 0.05) is 12.6 Å². The third-order valence-corrected chi connectivity index (χ3v) is 5.64. The third kappa shape index (κ3) is 4.19. The Bertz CT molecular complexity index is 276. The number of hydrogen-bond acceptors (Lipinski definition) is 2. The first-order chi connectivity index (χ1) is 9.02. The van der Waals surface area contributed by atoms with Gasteiger partial charge >= 0.3 is 0 Å². The number of hydrogen-bond donors (Lipinski definition) is 2. The lowest BCUT2D eigenvalue weighted by atomic mass is 9.70. The second-order valence-corrected chi connectivity index (χ2v) is 7.89. The van der Waals surface area contributed by atoms with Gasteiger partial charge in [-0.1, -0.05) is 33.6 Å². The van der Waals surface area contributed by atoms with Crippen LogP contribution in [-0.2, 0) is 0 Å². The van der Waals surface area contributed by atoms with Crippen molar-refractivity contribution in [2.45, 2.75) is 71.8 Å². The number of aliphatic hydroxyl groups excluding tert-OH is 1. The summed E-state index contributed by atoms with van der Waals surface area (Å²) in [5.41, 5.74) is 0.538. The zero-order valence-corrected chi connectivity index (χ0v) is 13.1. The Hall–Kier alpha value is -0.0800. The summed E-state index contributed by atoms with van der Waals surface area (Å²) in [7, 11) is 0. The molecule has 2 saturated carbocycles. The van der Waals surface area contributed by atoms with E-state index in [-0.39, 0.29) is 0 Å². The molecule has 0 aromatic rings. The van der Waals surface area contributed by atoms with Crippen molar-refractivity contribution in [3.63, 3.8) is 0 Å². The minimum absolute atomic E-state index is 0.388. The van der Waals surface area contributed by atoms with Gasteiger partial charge in [-0.2, -0.15) is 0 Å². The summed E-state index contributed by atoms with van der Waals surface area (Å²) < 4.78 is 0. The second kappa shape index (κ2) is 6.58. The number of rotatable bonds is 4. The van der Waals surface area contributed by atoms with E-state index in [0.717, 1.165) is 12.5 Å². The van der Waals surface area contributed by atoms with Crippen LogP contribution in [0.2, 0.25) is 0 Å². The average molecular weight is 267 g/mol. The Kier molecular flexibility index (Phi) is 5.30. The Balaban J connectivity index is 1.78. The lowest BCUT2D eigenvalue weighted by Crippen LogP contribution is -2.45. The normalized spacial score (nSPS) is 39.2. The first-order valence-corrected chi connectivity index (χ1v) is 8.36. The topological polar surface area (TPSA) is 32.3 Å². The molecule has 2 N–H and O–H groups in total. The van der Waals surface area contributed by atoms with E-state index in [1.165, 1.54) is 44.9 Å². The van der Waals surface area contributed by atoms with E-state index in [4.69, 9.17) is 0 Å². The van der Waals surface area contributed by atoms with E-state index in [9.17, 15) is 5.11 Å². The quantitative estimate of drug-likeness (QED) is 0.816. The highest BCUT2D eigenvalue weighted by Gasteiger charge is 2.33. The van der Waals surface area contributed by atoms with Crippen molar-refractivity contribution in [3.05, 3.63) is 0 Å². The van der Waals surface area contributed by atoms with Crippen molar-refractivity contribution in [2.75, 3.05) is 13.2 Å². The maximum Gasteiger partial charge on any atom is 0.0462 e. The Morgan fingerprint density at radius 3 is 2.42 bits per heavy atom. The molecule has 0 aliphatic heterocycles. The second-order valence-electron chi connectivity index (χ2n) is 7.89. The molecule has 4 unspecified atom stereocenters. The molecule has 2 aliphatic rings. The maximum absolute atomic E-state index is 9.49. The van der Waals surface area contributed by atoms with Gasteiger partial charge in [0.2, 0.25) is 0 Å². The van der Waals surface area contributed by atoms with Crippen LogP contribution >= 0.6 is 0 Å². The zero-order chi connectivity index (χ0) is 13.9. The fraction of sp³-hybridized carbons (Fsp3) is 1.00. The van der Waals surface area contributed by atoms with Gasteiger partial charge in [-0.15, -0.1) is 0 Å². The minimum atomic E-state index is 0.388. The van der Waals surface area contributed by atoms with Crippen molar-refractivity contribution in [1.29, 1.82) is 0 Å². The van der Waals surface area contributed by atoms with Crippen LogP contribution in [0.3, 0.4) is 0 Å². The van der Waals surface area contributed by atoms with Gasteiger partial charge in [-0.3, -0.25) is 0 Å². The van der Waals surface area contributed by atoms with Crippen LogP contribution in [0.25, 0.3) is 0 Å². The zero-order valence-electron chi connectivity index (χ0n) is 13.1. The molecule has 0 amide bonds. The highest BCUT2D eigenvalue weighted by atomic mass is 16.3. The summed E-state index contributed by atoms with van der Waals surface area (Å²) in [6, 6.07) is 0.703. The van der Waals surface area contributed by atoms with Crippen LogP contribution in [0.15, 0.2) is 0 Å². The summed E-state index contributed by atoms with van der Waals surface area (Å²) >= 11 is 0. The van der Waals surface area contributed by atoms with Gasteiger partial charge in [0.1, 0.15) is 0 Å². The van der Waals surface area contributed by atoms with Crippen molar-refractivity contribution in [2.24, 2.45) is 23.2 Å². The molecular weight excluding hydrogens is 234 g/mol. The number of nitrogens with one attached hydrogen (secondary N) is 1. The highest BCUT2D eigenvalue weighted by Crippen LogP contribution is 2.38. The van der Waals surface area contributed by atoms with Crippen molar-refractivity contribution in [1.82, 2.24) is 5.32 Å². The van der Waals surface area contributed by atoms with E-state index in [1.807, 2.05) is 0 Å². The lowest BCUT2D eigenvalue weighted by Gasteiger charge is -2.41. The molecule has 0 radical (unpaired) electrons. The lowest BCUT2D eigenvalue weighted by molar-refractivity contribution is 0.112. The molecule has 4 atom stereocenters. The first kappa shape index (κ1) is 15.3. The van der Waals surface area contributed by atoms with Crippen LogP contribution in [-0.4, -0.2) is 24.3 Å². The maximum atomic E-state index is 9.49. The van der Waals surface area contributed by atoms with Gasteiger partial charge < -0.3 is 10.4 Å². The molecule has 2 rings (SSSR count). The van der Waals surface area contributed by atoms with Crippen molar-refractivity contribution in [3.8, 4) is 0 Å². The molecule has 19 heavy (non-hydrogen) atoms. The third-order valence-electron chi connectivity index (χ3n) is 5.64. The van der Waals surface area contributed by atoms with Gasteiger partial charge in [0.05, 0.1) is 0 Å². The summed E-state index contributed by atoms with van der Waals surface area (Å²) in [4.78, 5) is 0. The molecular formula is C17H33NO.